The molecule has 0 saturated carbocycles. The largest absolute Gasteiger partial charge is 0.351 e. The maximum Gasteiger partial charge on any atom is 0.258 e. The van der Waals surface area contributed by atoms with Crippen molar-refractivity contribution in [2.45, 2.75) is 19.9 Å². The van der Waals surface area contributed by atoms with E-state index in [0.29, 0.717) is 22.4 Å². The van der Waals surface area contributed by atoms with E-state index in [0.717, 1.165) is 22.5 Å². The first-order chi connectivity index (χ1) is 16.0. The average Bonchev–Trinajstić information content (AvgIpc) is 3.30. The van der Waals surface area contributed by atoms with E-state index in [1.54, 1.807) is 12.1 Å². The van der Waals surface area contributed by atoms with Gasteiger partial charge in [0.1, 0.15) is 5.82 Å². The van der Waals surface area contributed by atoms with Crippen molar-refractivity contribution in [2.24, 2.45) is 0 Å². The van der Waals surface area contributed by atoms with Crippen molar-refractivity contribution in [1.82, 2.24) is 15.5 Å². The van der Waals surface area contributed by atoms with Gasteiger partial charge < -0.3 is 9.84 Å². The number of hydrogen-bond acceptors (Lipinski definition) is 4. The Balaban J connectivity index is 1.64. The molecule has 3 aromatic carbocycles. The van der Waals surface area contributed by atoms with Crippen LogP contribution < -0.4 is 10.2 Å². The van der Waals surface area contributed by atoms with Crippen LogP contribution in [0.3, 0.4) is 0 Å². The third kappa shape index (κ3) is 4.03. The van der Waals surface area contributed by atoms with Crippen molar-refractivity contribution >= 4 is 28.6 Å². The molecular weight excluding hydrogens is 435 g/mol. The summed E-state index contributed by atoms with van der Waals surface area (Å²) in [5.74, 6) is 0.462. The summed E-state index contributed by atoms with van der Waals surface area (Å²) in [7, 11) is 0. The number of hydrogen-bond donors (Lipinski definition) is 1. The summed E-state index contributed by atoms with van der Waals surface area (Å²) in [6, 6.07) is 23.9. The Kier molecular flexibility index (Phi) is 5.48. The van der Waals surface area contributed by atoms with Crippen LogP contribution in [0.1, 0.15) is 30.0 Å². The number of anilines is 1. The summed E-state index contributed by atoms with van der Waals surface area (Å²) in [5, 5.41) is 8.20. The Labute approximate surface area is 196 Å². The zero-order valence-electron chi connectivity index (χ0n) is 18.1. The highest BCUT2D eigenvalue weighted by molar-refractivity contribution is 7.80. The van der Waals surface area contributed by atoms with Gasteiger partial charge in [0.05, 0.1) is 11.6 Å². The molecule has 1 aliphatic heterocycles. The normalized spacial score (nSPS) is 16.2. The van der Waals surface area contributed by atoms with E-state index in [9.17, 15) is 4.39 Å². The Hall–Kier alpha value is -3.84. The van der Waals surface area contributed by atoms with Crippen molar-refractivity contribution in [2.75, 3.05) is 4.90 Å². The molecule has 0 radical (unpaired) electrons. The minimum Gasteiger partial charge on any atom is -0.351 e. The minimum atomic E-state index is -0.316. The van der Waals surface area contributed by atoms with Crippen LogP contribution >= 0.6 is 12.2 Å². The molecule has 0 spiro atoms. The number of rotatable bonds is 4. The predicted octanol–water partition coefficient (Wildman–Crippen LogP) is 6.05. The third-order valence-electron chi connectivity index (χ3n) is 5.67. The second kappa shape index (κ2) is 8.60. The molecule has 1 N–H and O–H groups in total. The molecule has 1 unspecified atom stereocenters. The molecule has 0 aliphatic carbocycles. The number of aryl methyl sites for hydroxylation is 1. The Morgan fingerprint density at radius 1 is 0.939 bits per heavy atom. The monoisotopic (exact) mass is 456 g/mol. The van der Waals surface area contributed by atoms with Gasteiger partial charge in [-0.2, -0.15) is 4.98 Å². The fourth-order valence-electron chi connectivity index (χ4n) is 3.97. The standard InChI is InChI=1S/C26H21FN4OS/c1-16-8-14-21(15-9-16)31-17(2)22(23(28-26(31)33)18-6-4-3-5-7-18)25-29-24(30-32-25)19-10-12-20(27)13-11-19/h3-15,23H,1-2H3,(H,28,33). The quantitative estimate of drug-likeness (QED) is 0.377. The number of benzene rings is 3. The van der Waals surface area contributed by atoms with Gasteiger partial charge in [0, 0.05) is 16.9 Å². The molecule has 1 aromatic heterocycles. The SMILES string of the molecule is CC1=C(c2nc(-c3ccc(F)cc3)no2)C(c2ccccc2)NC(=S)N1c1ccc(C)cc1. The van der Waals surface area contributed by atoms with Gasteiger partial charge in [-0.25, -0.2) is 4.39 Å². The first-order valence-electron chi connectivity index (χ1n) is 10.5. The molecule has 7 heteroatoms. The van der Waals surface area contributed by atoms with Crippen molar-refractivity contribution in [3.05, 3.63) is 107 Å². The molecule has 5 rings (SSSR count). The second-order valence-corrected chi connectivity index (χ2v) is 8.28. The Bertz CT molecular complexity index is 1330. The molecule has 2 heterocycles. The number of aromatic nitrogens is 2. The van der Waals surface area contributed by atoms with Crippen LogP contribution in [0.15, 0.2) is 89.1 Å². The number of thiocarbonyl (C=S) groups is 1. The summed E-state index contributed by atoms with van der Waals surface area (Å²) in [5.41, 5.74) is 5.54. The van der Waals surface area contributed by atoms with Gasteiger partial charge in [-0.15, -0.1) is 0 Å². The molecule has 0 fully saturated rings. The van der Waals surface area contributed by atoms with Crippen LogP contribution in [0, 0.1) is 12.7 Å². The van der Waals surface area contributed by atoms with Crippen molar-refractivity contribution in [1.29, 1.82) is 0 Å². The van der Waals surface area contributed by atoms with Crippen LogP contribution in [0.25, 0.3) is 17.0 Å². The van der Waals surface area contributed by atoms with E-state index in [4.69, 9.17) is 16.7 Å². The lowest BCUT2D eigenvalue weighted by Crippen LogP contribution is -2.46. The summed E-state index contributed by atoms with van der Waals surface area (Å²) >= 11 is 5.77. The Morgan fingerprint density at radius 2 is 1.64 bits per heavy atom. The van der Waals surface area contributed by atoms with Crippen LogP contribution in [-0.2, 0) is 0 Å². The van der Waals surface area contributed by atoms with Crippen molar-refractivity contribution < 1.29 is 8.91 Å². The summed E-state index contributed by atoms with van der Waals surface area (Å²) in [6.45, 7) is 4.05. The average molecular weight is 457 g/mol. The molecule has 4 aromatic rings. The summed E-state index contributed by atoms with van der Waals surface area (Å²) in [6.07, 6.45) is 0. The number of nitrogens with one attached hydrogen (secondary N) is 1. The molecule has 33 heavy (non-hydrogen) atoms. The van der Waals surface area contributed by atoms with Crippen LogP contribution in [0.4, 0.5) is 10.1 Å². The molecule has 0 amide bonds. The van der Waals surface area contributed by atoms with Crippen LogP contribution in [0.2, 0.25) is 0 Å². The van der Waals surface area contributed by atoms with Crippen molar-refractivity contribution in [3.8, 4) is 11.4 Å². The van der Waals surface area contributed by atoms with Gasteiger partial charge in [0.15, 0.2) is 5.11 Å². The van der Waals surface area contributed by atoms with Gasteiger partial charge in [-0.3, -0.25) is 4.90 Å². The second-order valence-electron chi connectivity index (χ2n) is 7.89. The molecule has 0 saturated heterocycles. The van der Waals surface area contributed by atoms with Gasteiger partial charge in [0.2, 0.25) is 5.82 Å². The molecule has 164 valence electrons. The van der Waals surface area contributed by atoms with Crippen LogP contribution in [0.5, 0.6) is 0 Å². The van der Waals surface area contributed by atoms with E-state index in [2.05, 4.69) is 15.5 Å². The van der Waals surface area contributed by atoms with Gasteiger partial charge in [0.25, 0.3) is 5.89 Å². The Morgan fingerprint density at radius 3 is 2.33 bits per heavy atom. The zero-order chi connectivity index (χ0) is 22.9. The molecule has 1 aliphatic rings. The maximum absolute atomic E-state index is 13.4. The molecular formula is C26H21FN4OS. The van der Waals surface area contributed by atoms with E-state index in [-0.39, 0.29) is 11.9 Å². The zero-order valence-corrected chi connectivity index (χ0v) is 18.9. The fraction of sp³-hybridized carbons (Fsp3) is 0.115. The smallest absolute Gasteiger partial charge is 0.258 e. The topological polar surface area (TPSA) is 54.2 Å². The molecule has 0 bridgehead atoms. The highest BCUT2D eigenvalue weighted by atomic mass is 32.1. The van der Waals surface area contributed by atoms with Gasteiger partial charge in [-0.05, 0) is 68.0 Å². The predicted molar refractivity (Wildman–Crippen MR) is 131 cm³/mol. The van der Waals surface area contributed by atoms with E-state index < -0.39 is 0 Å². The van der Waals surface area contributed by atoms with Crippen LogP contribution in [-0.4, -0.2) is 15.3 Å². The van der Waals surface area contributed by atoms with E-state index in [1.165, 1.54) is 17.7 Å². The summed E-state index contributed by atoms with van der Waals surface area (Å²) < 4.78 is 19.1. The third-order valence-corrected chi connectivity index (χ3v) is 5.97. The fourth-order valence-corrected chi connectivity index (χ4v) is 4.33. The first-order valence-corrected chi connectivity index (χ1v) is 10.9. The maximum atomic E-state index is 13.4. The summed E-state index contributed by atoms with van der Waals surface area (Å²) in [4.78, 5) is 6.64. The first kappa shape index (κ1) is 21.0. The number of halogens is 1. The lowest BCUT2D eigenvalue weighted by atomic mass is 9.94. The molecule has 5 nitrogen and oxygen atoms in total. The lowest BCUT2D eigenvalue weighted by molar-refractivity contribution is 0.404. The van der Waals surface area contributed by atoms with Crippen molar-refractivity contribution in [3.63, 3.8) is 0 Å². The molecule has 1 atom stereocenters. The van der Waals surface area contributed by atoms with Gasteiger partial charge in [-0.1, -0.05) is 53.2 Å². The van der Waals surface area contributed by atoms with E-state index in [1.807, 2.05) is 73.3 Å². The number of allylic oxidation sites excluding steroid dienone is 1. The lowest BCUT2D eigenvalue weighted by Gasteiger charge is -2.37. The van der Waals surface area contributed by atoms with Gasteiger partial charge >= 0.3 is 0 Å². The highest BCUT2D eigenvalue weighted by Gasteiger charge is 2.34. The van der Waals surface area contributed by atoms with E-state index >= 15 is 0 Å². The highest BCUT2D eigenvalue weighted by Crippen LogP contribution is 2.39. The number of nitrogens with zero attached hydrogens (tertiary/aromatic N) is 3. The minimum absolute atomic E-state index is 0.262.